The molecule has 0 bridgehead atoms. The van der Waals surface area contributed by atoms with Crippen molar-refractivity contribution in [3.63, 3.8) is 0 Å². The Morgan fingerprint density at radius 2 is 0.485 bits per heavy atom. The van der Waals surface area contributed by atoms with Crippen LogP contribution in [-0.4, -0.2) is 0 Å². The van der Waals surface area contributed by atoms with E-state index >= 15 is 0 Å². The first-order valence-electron chi connectivity index (χ1n) is 22.6. The molecule has 0 aromatic heterocycles. The van der Waals surface area contributed by atoms with Crippen LogP contribution in [0.5, 0.6) is 0 Å². The highest BCUT2D eigenvalue weighted by Crippen LogP contribution is 2.33. The van der Waals surface area contributed by atoms with E-state index in [1.54, 1.807) is 0 Å². The van der Waals surface area contributed by atoms with Crippen LogP contribution in [0.1, 0.15) is 55.6 Å². The minimum absolute atomic E-state index is 1.15. The van der Waals surface area contributed by atoms with Gasteiger partial charge in [0.25, 0.3) is 0 Å². The van der Waals surface area contributed by atoms with Crippen molar-refractivity contribution >= 4 is 58.4 Å². The molecule has 0 atom stereocenters. The molecule has 0 heteroatoms. The van der Waals surface area contributed by atoms with Crippen LogP contribution in [0.3, 0.4) is 0 Å². The average Bonchev–Trinajstić information content (AvgIpc) is 3.40. The molecule has 0 N–H and O–H groups in total. The van der Waals surface area contributed by atoms with Crippen LogP contribution in [0.25, 0.3) is 80.6 Å². The van der Waals surface area contributed by atoms with Gasteiger partial charge in [-0.15, -0.1) is 0 Å². The molecule has 0 nitrogen and oxygen atoms in total. The Morgan fingerprint density at radius 3 is 0.864 bits per heavy atom. The molecule has 0 heterocycles. The molecule has 0 radical (unpaired) electrons. The third-order valence-electron chi connectivity index (χ3n) is 12.2. The van der Waals surface area contributed by atoms with Crippen molar-refractivity contribution < 1.29 is 0 Å². The van der Waals surface area contributed by atoms with E-state index in [0.717, 1.165) is 33.4 Å². The summed E-state index contributed by atoms with van der Waals surface area (Å²) in [6, 6.07) is 91.0. The highest BCUT2D eigenvalue weighted by Gasteiger charge is 2.11. The second-order valence-electron chi connectivity index (χ2n) is 16.5. The fourth-order valence-corrected chi connectivity index (χ4v) is 8.67. The predicted octanol–water partition coefficient (Wildman–Crippen LogP) is 17.7. The topological polar surface area (TPSA) is 0 Å². The Morgan fingerprint density at radius 1 is 0.212 bits per heavy atom. The van der Waals surface area contributed by atoms with Gasteiger partial charge >= 0.3 is 0 Å². The second kappa shape index (κ2) is 19.9. The van der Waals surface area contributed by atoms with Gasteiger partial charge in [0.05, 0.1) is 0 Å². The largest absolute Gasteiger partial charge is 0.0622 e. The Bertz CT molecular complexity index is 3110. The summed E-state index contributed by atoms with van der Waals surface area (Å²) in [5.41, 5.74) is 18.8. The highest BCUT2D eigenvalue weighted by atomic mass is 14.1. The number of benzene rings is 10. The molecule has 0 saturated carbocycles. The molecule has 0 aliphatic rings. The molecule has 10 rings (SSSR count). The fraction of sp³-hybridized carbons (Fsp3) is 0. The van der Waals surface area contributed by atoms with Gasteiger partial charge in [-0.05, 0) is 124 Å². The smallest absolute Gasteiger partial charge is 0.0105 e. The van der Waals surface area contributed by atoms with E-state index in [0.29, 0.717) is 0 Å². The van der Waals surface area contributed by atoms with Gasteiger partial charge in [0.2, 0.25) is 0 Å². The molecular weight excluding hydrogens is 793 g/mol. The lowest BCUT2D eigenvalue weighted by atomic mass is 9.92. The van der Waals surface area contributed by atoms with Crippen LogP contribution in [0, 0.1) is 0 Å². The first-order chi connectivity index (χ1) is 32.7. The molecule has 0 aliphatic carbocycles. The van der Waals surface area contributed by atoms with E-state index in [-0.39, 0.29) is 0 Å². The van der Waals surface area contributed by atoms with Crippen LogP contribution in [0.2, 0.25) is 0 Å². The summed E-state index contributed by atoms with van der Waals surface area (Å²) in [6.45, 7) is 0. The monoisotopic (exact) mass is 840 g/mol. The summed E-state index contributed by atoms with van der Waals surface area (Å²) >= 11 is 0. The van der Waals surface area contributed by atoms with Crippen LogP contribution >= 0.6 is 0 Å². The molecule has 0 saturated heterocycles. The molecule has 10 aromatic rings. The average molecular weight is 841 g/mol. The van der Waals surface area contributed by atoms with Gasteiger partial charge in [-0.2, -0.15) is 0 Å². The van der Waals surface area contributed by atoms with Crippen molar-refractivity contribution in [1.29, 1.82) is 0 Å². The van der Waals surface area contributed by atoms with Gasteiger partial charge in [-0.3, -0.25) is 0 Å². The molecule has 0 fully saturated rings. The van der Waals surface area contributed by atoms with Gasteiger partial charge < -0.3 is 0 Å². The maximum absolute atomic E-state index is 2.33. The summed E-state index contributed by atoms with van der Waals surface area (Å²) in [5, 5.41) is 2.42. The normalized spacial score (nSPS) is 12.0. The first kappa shape index (κ1) is 41.4. The van der Waals surface area contributed by atoms with Crippen molar-refractivity contribution in [3.05, 3.63) is 310 Å². The third kappa shape index (κ3) is 9.65. The quantitative estimate of drug-likeness (QED) is 0.108. The van der Waals surface area contributed by atoms with Gasteiger partial charge in [0.15, 0.2) is 0 Å². The molecule has 66 heavy (non-hydrogen) atoms. The van der Waals surface area contributed by atoms with Crippen molar-refractivity contribution in [1.82, 2.24) is 0 Å². The Hall–Kier alpha value is -8.58. The van der Waals surface area contributed by atoms with E-state index in [9.17, 15) is 0 Å². The van der Waals surface area contributed by atoms with Crippen molar-refractivity contribution in [3.8, 4) is 22.3 Å². The molecule has 10 aromatic carbocycles. The second-order valence-corrected chi connectivity index (χ2v) is 16.5. The predicted molar refractivity (Wildman–Crippen MR) is 285 cm³/mol. The SMILES string of the molecule is C(=Cc1cc2ccccc2cc1C=Cc1ccccc1C=C(c1ccccc1)c1ccc(-c2ccccc2)cc1)c1ccccc1C=C(c1ccccc1)c1ccc(-c2ccccc2)cc1. The first-order valence-corrected chi connectivity index (χ1v) is 22.6. The molecule has 0 aliphatic heterocycles. The van der Waals surface area contributed by atoms with Crippen LogP contribution in [-0.2, 0) is 0 Å². The lowest BCUT2D eigenvalue weighted by Crippen LogP contribution is -1.90. The summed E-state index contributed by atoms with van der Waals surface area (Å²) in [7, 11) is 0. The molecule has 0 spiro atoms. The number of hydrogen-bond acceptors (Lipinski definition) is 0. The Balaban J connectivity index is 1.00. The third-order valence-corrected chi connectivity index (χ3v) is 12.2. The van der Waals surface area contributed by atoms with Crippen molar-refractivity contribution in [2.24, 2.45) is 0 Å². The standard InChI is InChI=1S/C66H48/c1-5-19-49(20-6-1)53-33-39-57(40-34-53)65(55-25-9-3-10-26-55)47-61-31-15-13-23-51(61)37-43-63-45-59-29-17-18-30-60(59)46-64(63)44-38-52-24-14-16-32-62(52)48-66(56-27-11-4-12-28-56)58-41-35-54(36-42-58)50-21-7-2-8-22-50/h1-48H. The van der Waals surface area contributed by atoms with Crippen LogP contribution in [0.4, 0.5) is 0 Å². The van der Waals surface area contributed by atoms with Gasteiger partial charge in [-0.25, -0.2) is 0 Å². The zero-order valence-corrected chi connectivity index (χ0v) is 36.7. The maximum Gasteiger partial charge on any atom is -0.0105 e. The Labute approximate surface area is 389 Å². The zero-order valence-electron chi connectivity index (χ0n) is 36.7. The van der Waals surface area contributed by atoms with Gasteiger partial charge in [0.1, 0.15) is 0 Å². The van der Waals surface area contributed by atoms with Crippen molar-refractivity contribution in [2.45, 2.75) is 0 Å². The molecular formula is C66H48. The fourth-order valence-electron chi connectivity index (χ4n) is 8.67. The van der Waals surface area contributed by atoms with Gasteiger partial charge in [0, 0.05) is 0 Å². The van der Waals surface area contributed by atoms with Crippen LogP contribution in [0.15, 0.2) is 255 Å². The maximum atomic E-state index is 2.33. The van der Waals surface area contributed by atoms with Gasteiger partial charge in [-0.1, -0.05) is 267 Å². The minimum atomic E-state index is 1.15. The van der Waals surface area contributed by atoms with E-state index in [1.165, 1.54) is 66.4 Å². The molecule has 312 valence electrons. The lowest BCUT2D eigenvalue weighted by molar-refractivity contribution is 1.53. The summed E-state index contributed by atoms with van der Waals surface area (Å²) < 4.78 is 0. The van der Waals surface area contributed by atoms with Crippen LogP contribution < -0.4 is 0 Å². The summed E-state index contributed by atoms with van der Waals surface area (Å²) in [6.07, 6.45) is 13.7. The van der Waals surface area contributed by atoms with E-state index in [1.807, 2.05) is 0 Å². The molecule has 0 unspecified atom stereocenters. The Kier molecular flexibility index (Phi) is 12.5. The van der Waals surface area contributed by atoms with Crippen molar-refractivity contribution in [2.75, 3.05) is 0 Å². The highest BCUT2D eigenvalue weighted by molar-refractivity contribution is 5.97. The minimum Gasteiger partial charge on any atom is -0.0622 e. The summed E-state index contributed by atoms with van der Waals surface area (Å²) in [4.78, 5) is 0. The number of rotatable bonds is 12. The number of hydrogen-bond donors (Lipinski definition) is 0. The molecule has 0 amide bonds. The zero-order chi connectivity index (χ0) is 44.3. The summed E-state index contributed by atoms with van der Waals surface area (Å²) in [5.74, 6) is 0. The number of fused-ring (bicyclic) bond motifs is 1. The van der Waals surface area contributed by atoms with E-state index in [4.69, 9.17) is 0 Å². The van der Waals surface area contributed by atoms with E-state index < -0.39 is 0 Å². The van der Waals surface area contributed by atoms with E-state index in [2.05, 4.69) is 291 Å². The lowest BCUT2D eigenvalue weighted by Gasteiger charge is -2.12.